The van der Waals surface area contributed by atoms with E-state index in [1.54, 1.807) is 24.5 Å². The average Bonchev–Trinajstić information content (AvgIpc) is 2.64. The Balaban J connectivity index is 1.96. The van der Waals surface area contributed by atoms with Gasteiger partial charge in [0.2, 0.25) is 0 Å². The molecule has 0 radical (unpaired) electrons. The third-order valence-corrected chi connectivity index (χ3v) is 5.33. The van der Waals surface area contributed by atoms with Gasteiger partial charge in [-0.1, -0.05) is 48.5 Å². The molecule has 0 amide bonds. The van der Waals surface area contributed by atoms with Crippen LogP contribution < -0.4 is 5.32 Å². The van der Waals surface area contributed by atoms with Gasteiger partial charge in [0.25, 0.3) is 0 Å². The van der Waals surface area contributed by atoms with E-state index >= 15 is 0 Å². The van der Waals surface area contributed by atoms with Crippen molar-refractivity contribution >= 4 is 40.1 Å². The Morgan fingerprint density at radius 1 is 1.00 bits per heavy atom. The second kappa shape index (κ2) is 7.33. The van der Waals surface area contributed by atoms with Crippen LogP contribution in [0.4, 0.5) is 10.1 Å². The number of aromatic nitrogens is 3. The second-order valence-electron chi connectivity index (χ2n) is 6.46. The average molecular weight is 391 g/mol. The lowest BCUT2D eigenvalue weighted by atomic mass is 9.94. The minimum atomic E-state index is -0.448. The molecular formula is C19H17Cl2FN4. The fourth-order valence-corrected chi connectivity index (χ4v) is 4.04. The third kappa shape index (κ3) is 3.21. The molecule has 0 bridgehead atoms. The highest BCUT2D eigenvalue weighted by atomic mass is 35.5. The van der Waals surface area contributed by atoms with Crippen LogP contribution in [-0.2, 0) is 0 Å². The van der Waals surface area contributed by atoms with Crippen LogP contribution in [0.1, 0.15) is 32.1 Å². The van der Waals surface area contributed by atoms with Gasteiger partial charge in [-0.25, -0.2) is 19.3 Å². The molecule has 2 heterocycles. The van der Waals surface area contributed by atoms with Gasteiger partial charge in [-0.2, -0.15) is 0 Å². The molecule has 4 nitrogen and oxygen atoms in total. The van der Waals surface area contributed by atoms with Crippen molar-refractivity contribution in [2.24, 2.45) is 0 Å². The van der Waals surface area contributed by atoms with Crippen LogP contribution in [0.5, 0.6) is 0 Å². The first-order valence-corrected chi connectivity index (χ1v) is 9.42. The Morgan fingerprint density at radius 2 is 1.77 bits per heavy atom. The van der Waals surface area contributed by atoms with Crippen molar-refractivity contribution in [1.29, 1.82) is 0 Å². The van der Waals surface area contributed by atoms with Gasteiger partial charge in [0, 0.05) is 29.6 Å². The van der Waals surface area contributed by atoms with Crippen molar-refractivity contribution in [1.82, 2.24) is 15.0 Å². The van der Waals surface area contributed by atoms with Crippen molar-refractivity contribution < 1.29 is 4.39 Å². The summed E-state index contributed by atoms with van der Waals surface area (Å²) in [6, 6.07) is 4.85. The minimum absolute atomic E-state index is 0.156. The molecule has 0 unspecified atom stereocenters. The van der Waals surface area contributed by atoms with Gasteiger partial charge < -0.3 is 5.32 Å². The molecule has 7 heteroatoms. The first-order chi connectivity index (χ1) is 12.6. The standard InChI is InChI=1S/C19H17Cl2FN4/c20-12-7-4-8-13(22)14(12)15-16(25-11-5-2-1-3-6-11)17-19(26-18(15)21)24-10-9-23-17/h4,7-11H,1-3,5-6H2,(H,24,25,26). The van der Waals surface area contributed by atoms with Gasteiger partial charge in [0.05, 0.1) is 10.7 Å². The lowest BCUT2D eigenvalue weighted by Crippen LogP contribution is -2.23. The first kappa shape index (κ1) is 17.4. The smallest absolute Gasteiger partial charge is 0.181 e. The molecule has 3 aromatic rings. The summed E-state index contributed by atoms with van der Waals surface area (Å²) in [5, 5.41) is 3.97. The van der Waals surface area contributed by atoms with Crippen molar-refractivity contribution in [3.63, 3.8) is 0 Å². The Labute approximate surface area is 160 Å². The molecule has 0 atom stereocenters. The maximum absolute atomic E-state index is 14.6. The molecule has 134 valence electrons. The van der Waals surface area contributed by atoms with Gasteiger partial charge in [-0.05, 0) is 25.0 Å². The van der Waals surface area contributed by atoms with E-state index in [2.05, 4.69) is 20.3 Å². The monoisotopic (exact) mass is 390 g/mol. The lowest BCUT2D eigenvalue weighted by Gasteiger charge is -2.26. The minimum Gasteiger partial charge on any atom is -0.380 e. The molecule has 26 heavy (non-hydrogen) atoms. The zero-order valence-corrected chi connectivity index (χ0v) is 15.5. The molecule has 1 fully saturated rings. The summed E-state index contributed by atoms with van der Waals surface area (Å²) in [5.74, 6) is -0.448. The zero-order chi connectivity index (χ0) is 18.1. The molecule has 2 aromatic heterocycles. The largest absolute Gasteiger partial charge is 0.380 e. The van der Waals surface area contributed by atoms with Crippen molar-refractivity contribution in [3.05, 3.63) is 46.6 Å². The quantitative estimate of drug-likeness (QED) is 0.567. The number of halogens is 3. The van der Waals surface area contributed by atoms with Gasteiger partial charge in [-0.15, -0.1) is 0 Å². The molecule has 0 saturated heterocycles. The summed E-state index contributed by atoms with van der Waals surface area (Å²) in [5.41, 5.74) is 2.31. The number of nitrogens with one attached hydrogen (secondary N) is 1. The highest BCUT2D eigenvalue weighted by Crippen LogP contribution is 2.42. The van der Waals surface area contributed by atoms with Crippen LogP contribution in [0, 0.1) is 5.82 Å². The Kier molecular flexibility index (Phi) is 4.92. The van der Waals surface area contributed by atoms with E-state index in [1.165, 1.54) is 12.5 Å². The number of hydrogen-bond donors (Lipinski definition) is 1. The highest BCUT2D eigenvalue weighted by molar-refractivity contribution is 6.37. The van der Waals surface area contributed by atoms with Crippen LogP contribution in [0.3, 0.4) is 0 Å². The van der Waals surface area contributed by atoms with E-state index in [0.717, 1.165) is 25.7 Å². The van der Waals surface area contributed by atoms with E-state index in [0.29, 0.717) is 22.4 Å². The van der Waals surface area contributed by atoms with Gasteiger partial charge in [-0.3, -0.25) is 0 Å². The molecule has 0 spiro atoms. The van der Waals surface area contributed by atoms with Crippen LogP contribution in [0.2, 0.25) is 10.2 Å². The zero-order valence-electron chi connectivity index (χ0n) is 14.0. The fraction of sp³-hybridized carbons (Fsp3) is 0.316. The summed E-state index contributed by atoms with van der Waals surface area (Å²) < 4.78 is 14.6. The molecule has 0 aliphatic heterocycles. The third-order valence-electron chi connectivity index (χ3n) is 4.74. The first-order valence-electron chi connectivity index (χ1n) is 8.66. The summed E-state index contributed by atoms with van der Waals surface area (Å²) >= 11 is 12.8. The van der Waals surface area contributed by atoms with E-state index < -0.39 is 5.82 Å². The summed E-state index contributed by atoms with van der Waals surface area (Å²) in [7, 11) is 0. The molecule has 1 N–H and O–H groups in total. The number of rotatable bonds is 3. The molecule has 1 saturated carbocycles. The number of nitrogens with zero attached hydrogens (tertiary/aromatic N) is 3. The number of benzene rings is 1. The van der Waals surface area contributed by atoms with Crippen LogP contribution in [-0.4, -0.2) is 21.0 Å². The van der Waals surface area contributed by atoms with Crippen LogP contribution >= 0.6 is 23.2 Å². The van der Waals surface area contributed by atoms with E-state index in [4.69, 9.17) is 23.2 Å². The Hall–Kier alpha value is -1.98. The Bertz CT molecular complexity index is 937. The number of anilines is 1. The van der Waals surface area contributed by atoms with Crippen molar-refractivity contribution in [3.8, 4) is 11.1 Å². The summed E-state index contributed by atoms with van der Waals surface area (Å²) in [6.45, 7) is 0. The summed E-state index contributed by atoms with van der Waals surface area (Å²) in [4.78, 5) is 13.0. The number of fused-ring (bicyclic) bond motifs is 1. The SMILES string of the molecule is Fc1cccc(Cl)c1-c1c(Cl)nc2nccnc2c1NC1CCCCC1. The molecule has 1 aliphatic rings. The molecule has 1 aliphatic carbocycles. The predicted molar refractivity (Wildman–Crippen MR) is 103 cm³/mol. The van der Waals surface area contributed by atoms with Gasteiger partial charge in [0.1, 0.15) is 16.5 Å². The molecular weight excluding hydrogens is 374 g/mol. The molecule has 4 rings (SSSR count). The van der Waals surface area contributed by atoms with Crippen molar-refractivity contribution in [2.45, 2.75) is 38.1 Å². The van der Waals surface area contributed by atoms with Crippen LogP contribution in [0.15, 0.2) is 30.6 Å². The lowest BCUT2D eigenvalue weighted by molar-refractivity contribution is 0.463. The van der Waals surface area contributed by atoms with E-state index in [1.807, 2.05) is 0 Å². The second-order valence-corrected chi connectivity index (χ2v) is 7.22. The maximum atomic E-state index is 14.6. The maximum Gasteiger partial charge on any atom is 0.181 e. The van der Waals surface area contributed by atoms with Gasteiger partial charge >= 0.3 is 0 Å². The topological polar surface area (TPSA) is 50.7 Å². The highest BCUT2D eigenvalue weighted by Gasteiger charge is 2.24. The fourth-order valence-electron chi connectivity index (χ4n) is 3.52. The normalized spacial score (nSPS) is 15.3. The van der Waals surface area contributed by atoms with Gasteiger partial charge in [0.15, 0.2) is 5.65 Å². The number of pyridine rings is 1. The van der Waals surface area contributed by atoms with Crippen molar-refractivity contribution in [2.75, 3.05) is 5.32 Å². The number of hydrogen-bond acceptors (Lipinski definition) is 4. The van der Waals surface area contributed by atoms with Crippen LogP contribution in [0.25, 0.3) is 22.3 Å². The molecule has 1 aromatic carbocycles. The van der Waals surface area contributed by atoms with E-state index in [9.17, 15) is 4.39 Å². The summed E-state index contributed by atoms with van der Waals surface area (Å²) in [6.07, 6.45) is 8.81. The predicted octanol–water partition coefficient (Wildman–Crippen LogP) is 5.88. The Morgan fingerprint density at radius 3 is 2.54 bits per heavy atom. The van der Waals surface area contributed by atoms with E-state index in [-0.39, 0.29) is 21.8 Å².